The zero-order chi connectivity index (χ0) is 30.6. The first-order valence-corrected chi connectivity index (χ1v) is 15.2. The largest absolute Gasteiger partial charge is 0.491 e. The quantitative estimate of drug-likeness (QED) is 0.150. The minimum Gasteiger partial charge on any atom is -0.491 e. The topological polar surface area (TPSA) is 143 Å². The molecule has 0 aliphatic heterocycles. The lowest BCUT2D eigenvalue weighted by Crippen LogP contribution is -2.19. The van der Waals surface area contributed by atoms with Gasteiger partial charge < -0.3 is 39.1 Å². The average Bonchev–Trinajstić information content (AvgIpc) is 3.00. The second-order valence-corrected chi connectivity index (χ2v) is 10.6. The zero-order valence-electron chi connectivity index (χ0n) is 24.2. The number of nitrogens with one attached hydrogen (secondary N) is 3. The van der Waals surface area contributed by atoms with E-state index in [1.54, 1.807) is 61.7 Å². The van der Waals surface area contributed by atoms with Crippen LogP contribution in [0.5, 0.6) is 5.75 Å². The number of urea groups is 1. The van der Waals surface area contributed by atoms with Gasteiger partial charge in [0.2, 0.25) is 0 Å². The fraction of sp³-hybridized carbons (Fsp3) is 0.367. The van der Waals surface area contributed by atoms with Crippen LogP contribution in [0.1, 0.15) is 0 Å². The van der Waals surface area contributed by atoms with Gasteiger partial charge in [-0.05, 0) is 60.7 Å². The summed E-state index contributed by atoms with van der Waals surface area (Å²) in [6.45, 7) is 4.85. The van der Waals surface area contributed by atoms with Gasteiger partial charge in [-0.3, -0.25) is 4.72 Å². The number of anilines is 3. The Labute approximate surface area is 252 Å². The molecule has 3 aromatic carbocycles. The molecule has 0 heterocycles. The maximum absolute atomic E-state index is 12.6. The second kappa shape index (κ2) is 19.5. The number of methoxy groups -OCH3 is 1. The van der Waals surface area contributed by atoms with Crippen molar-refractivity contribution in [1.82, 2.24) is 0 Å². The molecule has 2 amide bonds. The van der Waals surface area contributed by atoms with Crippen LogP contribution in [0.3, 0.4) is 0 Å². The Kier molecular flexibility index (Phi) is 15.3. The van der Waals surface area contributed by atoms with E-state index in [4.69, 9.17) is 28.4 Å². The summed E-state index contributed by atoms with van der Waals surface area (Å²) in [5, 5.41) is 5.40. The highest BCUT2D eigenvalue weighted by Crippen LogP contribution is 2.19. The molecular weight excluding hydrogens is 578 g/mol. The van der Waals surface area contributed by atoms with Crippen molar-refractivity contribution in [2.75, 3.05) is 88.5 Å². The molecule has 0 atom stereocenters. The molecule has 0 saturated heterocycles. The number of amides is 2. The molecule has 12 nitrogen and oxygen atoms in total. The monoisotopic (exact) mass is 617 g/mol. The van der Waals surface area contributed by atoms with Crippen LogP contribution in [0.2, 0.25) is 0 Å². The number of carbonyl (C=O) groups excluding carboxylic acids is 1. The van der Waals surface area contributed by atoms with E-state index in [0.717, 1.165) is 0 Å². The molecule has 234 valence electrons. The van der Waals surface area contributed by atoms with Gasteiger partial charge in [-0.2, -0.15) is 0 Å². The average molecular weight is 618 g/mol. The fourth-order valence-corrected chi connectivity index (χ4v) is 4.55. The molecule has 43 heavy (non-hydrogen) atoms. The third-order valence-electron chi connectivity index (χ3n) is 5.60. The zero-order valence-corrected chi connectivity index (χ0v) is 25.0. The van der Waals surface area contributed by atoms with Gasteiger partial charge in [-0.25, -0.2) is 13.2 Å². The van der Waals surface area contributed by atoms with E-state index in [1.807, 2.05) is 0 Å². The summed E-state index contributed by atoms with van der Waals surface area (Å²) in [5.41, 5.74) is 1.46. The van der Waals surface area contributed by atoms with Crippen LogP contribution in [0.25, 0.3) is 0 Å². The van der Waals surface area contributed by atoms with Crippen LogP contribution in [0, 0.1) is 0 Å². The minimum absolute atomic E-state index is 0.0779. The molecule has 0 saturated carbocycles. The van der Waals surface area contributed by atoms with E-state index >= 15 is 0 Å². The van der Waals surface area contributed by atoms with E-state index in [1.165, 1.54) is 24.3 Å². The highest BCUT2D eigenvalue weighted by Gasteiger charge is 2.14. The van der Waals surface area contributed by atoms with Gasteiger partial charge in [0.1, 0.15) is 12.4 Å². The number of ether oxygens (including phenoxy) is 6. The van der Waals surface area contributed by atoms with Crippen LogP contribution in [0.4, 0.5) is 21.9 Å². The Hall–Kier alpha value is -3.72. The van der Waals surface area contributed by atoms with Crippen molar-refractivity contribution in [3.05, 3.63) is 78.9 Å². The molecule has 3 N–H and O–H groups in total. The van der Waals surface area contributed by atoms with Crippen molar-refractivity contribution in [3.8, 4) is 5.75 Å². The van der Waals surface area contributed by atoms with Crippen LogP contribution in [-0.2, 0) is 33.7 Å². The summed E-state index contributed by atoms with van der Waals surface area (Å²) < 4.78 is 59.8. The SMILES string of the molecule is COCCOCCOCCOCCOCCOc1ccc(NC(=O)Nc2ccc(S(=O)(=O)Nc3ccccc3)cc2)cc1. The van der Waals surface area contributed by atoms with Gasteiger partial charge >= 0.3 is 6.03 Å². The Morgan fingerprint density at radius 3 is 1.56 bits per heavy atom. The van der Waals surface area contributed by atoms with Crippen molar-refractivity contribution >= 4 is 33.1 Å². The summed E-state index contributed by atoms with van der Waals surface area (Å²) in [5.74, 6) is 0.634. The molecule has 0 spiro atoms. The number of hydrogen-bond donors (Lipinski definition) is 3. The van der Waals surface area contributed by atoms with Gasteiger partial charge in [0.05, 0.1) is 64.4 Å². The summed E-state index contributed by atoms with van der Waals surface area (Å²) in [4.78, 5) is 12.5. The van der Waals surface area contributed by atoms with Crippen molar-refractivity contribution in [3.63, 3.8) is 0 Å². The number of carbonyl (C=O) groups is 1. The fourth-order valence-electron chi connectivity index (χ4n) is 3.49. The Morgan fingerprint density at radius 1 is 0.581 bits per heavy atom. The first-order valence-electron chi connectivity index (χ1n) is 13.7. The summed E-state index contributed by atoms with van der Waals surface area (Å²) >= 11 is 0. The number of rotatable bonds is 21. The summed E-state index contributed by atoms with van der Waals surface area (Å²) in [7, 11) is -2.11. The van der Waals surface area contributed by atoms with Crippen molar-refractivity contribution in [2.24, 2.45) is 0 Å². The maximum atomic E-state index is 12.6. The lowest BCUT2D eigenvalue weighted by atomic mass is 10.3. The lowest BCUT2D eigenvalue weighted by molar-refractivity contribution is -0.00978. The van der Waals surface area contributed by atoms with Gasteiger partial charge in [0.15, 0.2) is 0 Å². The summed E-state index contributed by atoms with van der Waals surface area (Å²) in [6.07, 6.45) is 0. The predicted octanol–water partition coefficient (Wildman–Crippen LogP) is 4.22. The first-order chi connectivity index (χ1) is 21.0. The predicted molar refractivity (Wildman–Crippen MR) is 163 cm³/mol. The van der Waals surface area contributed by atoms with Gasteiger partial charge in [-0.15, -0.1) is 0 Å². The number of para-hydroxylation sites is 1. The van der Waals surface area contributed by atoms with E-state index < -0.39 is 16.1 Å². The standard InChI is InChI=1S/C30H39N3O9S/c1-37-15-16-38-17-18-39-19-20-40-21-22-41-23-24-42-28-11-7-25(8-12-28)31-30(34)32-26-9-13-29(14-10-26)43(35,36)33-27-5-3-2-4-6-27/h2-14,33H,15-24H2,1H3,(H2,31,32,34). The van der Waals surface area contributed by atoms with Crippen molar-refractivity contribution < 1.29 is 41.6 Å². The van der Waals surface area contributed by atoms with Gasteiger partial charge in [-0.1, -0.05) is 18.2 Å². The van der Waals surface area contributed by atoms with Gasteiger partial charge in [0.25, 0.3) is 10.0 Å². The summed E-state index contributed by atoms with van der Waals surface area (Å²) in [6, 6.07) is 20.9. The van der Waals surface area contributed by atoms with Gasteiger partial charge in [0, 0.05) is 24.2 Å². The normalized spacial score (nSPS) is 11.2. The van der Waals surface area contributed by atoms with E-state index in [-0.39, 0.29) is 4.90 Å². The minimum atomic E-state index is -3.75. The third kappa shape index (κ3) is 13.9. The Morgan fingerprint density at radius 2 is 1.05 bits per heavy atom. The number of benzene rings is 3. The first kappa shape index (κ1) is 33.8. The molecule has 0 fully saturated rings. The molecule has 3 aromatic rings. The molecule has 3 rings (SSSR count). The van der Waals surface area contributed by atoms with Crippen LogP contribution in [0.15, 0.2) is 83.8 Å². The highest BCUT2D eigenvalue weighted by molar-refractivity contribution is 7.92. The van der Waals surface area contributed by atoms with E-state index in [9.17, 15) is 13.2 Å². The van der Waals surface area contributed by atoms with Crippen LogP contribution >= 0.6 is 0 Å². The third-order valence-corrected chi connectivity index (χ3v) is 7.00. The molecule has 0 unspecified atom stereocenters. The molecule has 0 bridgehead atoms. The maximum Gasteiger partial charge on any atom is 0.323 e. The molecule has 0 aliphatic rings. The smallest absolute Gasteiger partial charge is 0.323 e. The highest BCUT2D eigenvalue weighted by atomic mass is 32.2. The lowest BCUT2D eigenvalue weighted by Gasteiger charge is -2.11. The molecule has 0 aromatic heterocycles. The number of hydrogen-bond acceptors (Lipinski definition) is 9. The van der Waals surface area contributed by atoms with Crippen molar-refractivity contribution in [1.29, 1.82) is 0 Å². The van der Waals surface area contributed by atoms with Crippen LogP contribution in [-0.4, -0.2) is 87.6 Å². The number of sulfonamides is 1. The Bertz CT molecular complexity index is 1290. The van der Waals surface area contributed by atoms with E-state index in [2.05, 4.69) is 15.4 Å². The molecule has 0 aliphatic carbocycles. The Balaban J connectivity index is 1.24. The molecular formula is C30H39N3O9S. The van der Waals surface area contributed by atoms with E-state index in [0.29, 0.717) is 88.9 Å². The molecule has 0 radical (unpaired) electrons. The second-order valence-electron chi connectivity index (χ2n) is 8.89. The van der Waals surface area contributed by atoms with Crippen LogP contribution < -0.4 is 20.1 Å². The van der Waals surface area contributed by atoms with Crippen molar-refractivity contribution in [2.45, 2.75) is 4.90 Å². The molecule has 13 heteroatoms.